The van der Waals surface area contributed by atoms with E-state index in [4.69, 9.17) is 4.74 Å². The van der Waals surface area contributed by atoms with Crippen LogP contribution >= 0.6 is 0 Å². The van der Waals surface area contributed by atoms with Gasteiger partial charge in [0.25, 0.3) is 0 Å². The Bertz CT molecular complexity index is 642. The summed E-state index contributed by atoms with van der Waals surface area (Å²) in [6.07, 6.45) is 1.76. The van der Waals surface area contributed by atoms with E-state index in [0.717, 1.165) is 5.56 Å². The van der Waals surface area contributed by atoms with Crippen LogP contribution < -0.4 is 4.74 Å². The molecule has 0 aromatic heterocycles. The number of hydrogen-bond acceptors (Lipinski definition) is 3. The van der Waals surface area contributed by atoms with Crippen LogP contribution in [-0.4, -0.2) is 11.1 Å². The number of hydrogen-bond donors (Lipinski definition) is 1. The Morgan fingerprint density at radius 3 is 2.61 bits per heavy atom. The minimum absolute atomic E-state index is 0.117. The molecule has 0 aliphatic carbocycles. The Morgan fingerprint density at radius 1 is 1.06 bits per heavy atom. The molecule has 88 valence electrons. The molecule has 0 bridgehead atoms. The Labute approximate surface area is 104 Å². The highest BCUT2D eigenvalue weighted by atomic mass is 16.5. The van der Waals surface area contributed by atoms with Crippen LogP contribution in [0.25, 0.3) is 11.6 Å². The third-order valence-corrected chi connectivity index (χ3v) is 2.79. The molecule has 0 amide bonds. The van der Waals surface area contributed by atoms with E-state index in [0.29, 0.717) is 16.9 Å². The third kappa shape index (κ3) is 1.76. The summed E-state index contributed by atoms with van der Waals surface area (Å²) >= 11 is 0. The normalized spacial score (nSPS) is 15.6. The lowest BCUT2D eigenvalue weighted by molar-refractivity contribution is -0.126. The highest BCUT2D eigenvalue weighted by Crippen LogP contribution is 2.37. The SMILES string of the molecule is O=C1Oc2ccc(O)cc2/C1=C/c1ccccc1. The molecule has 0 unspecified atom stereocenters. The zero-order valence-electron chi connectivity index (χ0n) is 9.46. The molecule has 0 fully saturated rings. The third-order valence-electron chi connectivity index (χ3n) is 2.79. The van der Waals surface area contributed by atoms with Crippen LogP contribution in [0.4, 0.5) is 0 Å². The molecule has 3 rings (SSSR count). The Balaban J connectivity index is 2.12. The fourth-order valence-electron chi connectivity index (χ4n) is 1.93. The van der Waals surface area contributed by atoms with Crippen molar-refractivity contribution in [2.45, 2.75) is 0 Å². The van der Waals surface area contributed by atoms with E-state index < -0.39 is 0 Å². The maximum atomic E-state index is 11.8. The maximum Gasteiger partial charge on any atom is 0.344 e. The second kappa shape index (κ2) is 4.04. The number of aromatic hydroxyl groups is 1. The summed E-state index contributed by atoms with van der Waals surface area (Å²) < 4.78 is 5.13. The molecule has 18 heavy (non-hydrogen) atoms. The van der Waals surface area contributed by atoms with Crippen LogP contribution in [0.15, 0.2) is 48.5 Å². The maximum absolute atomic E-state index is 11.8. The first-order valence-corrected chi connectivity index (χ1v) is 5.56. The van der Waals surface area contributed by atoms with Gasteiger partial charge in [-0.2, -0.15) is 0 Å². The summed E-state index contributed by atoms with van der Waals surface area (Å²) in [5, 5.41) is 9.47. The number of carbonyl (C=O) groups excluding carboxylic acids is 1. The Kier molecular flexibility index (Phi) is 2.38. The Hall–Kier alpha value is -2.55. The fraction of sp³-hybridized carbons (Fsp3) is 0. The summed E-state index contributed by atoms with van der Waals surface area (Å²) in [4.78, 5) is 11.8. The lowest BCUT2D eigenvalue weighted by Gasteiger charge is -1.97. The summed E-state index contributed by atoms with van der Waals surface area (Å²) in [5.41, 5.74) is 2.01. The molecular weight excluding hydrogens is 228 g/mol. The summed E-state index contributed by atoms with van der Waals surface area (Å²) in [6.45, 7) is 0. The smallest absolute Gasteiger partial charge is 0.344 e. The van der Waals surface area contributed by atoms with Crippen LogP contribution in [-0.2, 0) is 4.79 Å². The largest absolute Gasteiger partial charge is 0.508 e. The van der Waals surface area contributed by atoms with Crippen molar-refractivity contribution in [3.8, 4) is 11.5 Å². The highest BCUT2D eigenvalue weighted by molar-refractivity contribution is 6.26. The minimum atomic E-state index is -0.389. The predicted octanol–water partition coefficient (Wildman–Crippen LogP) is 2.85. The highest BCUT2D eigenvalue weighted by Gasteiger charge is 2.26. The Morgan fingerprint density at radius 2 is 1.83 bits per heavy atom. The molecule has 0 saturated heterocycles. The van der Waals surface area contributed by atoms with Crippen LogP contribution in [0.3, 0.4) is 0 Å². The first kappa shape index (κ1) is 10.6. The average molecular weight is 238 g/mol. The van der Waals surface area contributed by atoms with E-state index in [-0.39, 0.29) is 11.7 Å². The molecule has 0 saturated carbocycles. The molecule has 3 heteroatoms. The number of phenols is 1. The van der Waals surface area contributed by atoms with Gasteiger partial charge in [0.15, 0.2) is 0 Å². The number of rotatable bonds is 1. The molecule has 0 radical (unpaired) electrons. The number of fused-ring (bicyclic) bond motifs is 1. The number of phenolic OH excluding ortho intramolecular Hbond substituents is 1. The van der Waals surface area contributed by atoms with E-state index in [1.165, 1.54) is 12.1 Å². The van der Waals surface area contributed by atoms with Gasteiger partial charge in [0, 0.05) is 5.56 Å². The first-order chi connectivity index (χ1) is 8.74. The van der Waals surface area contributed by atoms with Crippen LogP contribution in [0.1, 0.15) is 11.1 Å². The van der Waals surface area contributed by atoms with Crippen molar-refractivity contribution in [3.63, 3.8) is 0 Å². The lowest BCUT2D eigenvalue weighted by atomic mass is 10.0. The summed E-state index contributed by atoms with van der Waals surface area (Å²) in [7, 11) is 0. The van der Waals surface area contributed by atoms with E-state index in [2.05, 4.69) is 0 Å². The topological polar surface area (TPSA) is 46.5 Å². The number of ether oxygens (including phenoxy) is 1. The van der Waals surface area contributed by atoms with Gasteiger partial charge >= 0.3 is 5.97 Å². The van der Waals surface area contributed by atoms with Gasteiger partial charge in [0.05, 0.1) is 5.57 Å². The van der Waals surface area contributed by atoms with Crippen molar-refractivity contribution in [2.75, 3.05) is 0 Å². The van der Waals surface area contributed by atoms with Gasteiger partial charge in [-0.1, -0.05) is 30.3 Å². The van der Waals surface area contributed by atoms with Crippen molar-refractivity contribution in [3.05, 3.63) is 59.7 Å². The monoisotopic (exact) mass is 238 g/mol. The second-order valence-electron chi connectivity index (χ2n) is 4.04. The summed E-state index contributed by atoms with van der Waals surface area (Å²) in [6, 6.07) is 14.1. The van der Waals surface area contributed by atoms with Gasteiger partial charge in [0.1, 0.15) is 11.5 Å². The van der Waals surface area contributed by atoms with Crippen molar-refractivity contribution in [1.82, 2.24) is 0 Å². The molecule has 0 atom stereocenters. The fourth-order valence-corrected chi connectivity index (χ4v) is 1.93. The molecule has 1 aliphatic rings. The quantitative estimate of drug-likeness (QED) is 0.472. The second-order valence-corrected chi connectivity index (χ2v) is 4.04. The lowest BCUT2D eigenvalue weighted by Crippen LogP contribution is -2.00. The van der Waals surface area contributed by atoms with Crippen molar-refractivity contribution >= 4 is 17.6 Å². The first-order valence-electron chi connectivity index (χ1n) is 5.56. The molecule has 3 nitrogen and oxygen atoms in total. The molecular formula is C15H10O3. The van der Waals surface area contributed by atoms with Gasteiger partial charge in [-0.3, -0.25) is 0 Å². The van der Waals surface area contributed by atoms with Crippen LogP contribution in [0.2, 0.25) is 0 Å². The van der Waals surface area contributed by atoms with Crippen LogP contribution in [0.5, 0.6) is 11.5 Å². The van der Waals surface area contributed by atoms with E-state index in [1.54, 1.807) is 12.1 Å². The molecule has 2 aromatic rings. The molecule has 2 aromatic carbocycles. The number of benzene rings is 2. The molecule has 0 spiro atoms. The zero-order chi connectivity index (χ0) is 12.5. The van der Waals surface area contributed by atoms with Gasteiger partial charge in [-0.15, -0.1) is 0 Å². The zero-order valence-corrected chi connectivity index (χ0v) is 9.46. The van der Waals surface area contributed by atoms with Crippen molar-refractivity contribution in [1.29, 1.82) is 0 Å². The van der Waals surface area contributed by atoms with Gasteiger partial charge in [0.2, 0.25) is 0 Å². The number of esters is 1. The minimum Gasteiger partial charge on any atom is -0.508 e. The molecule has 1 aliphatic heterocycles. The van der Waals surface area contributed by atoms with E-state index in [1.807, 2.05) is 30.3 Å². The van der Waals surface area contributed by atoms with Gasteiger partial charge in [-0.05, 0) is 29.8 Å². The molecule has 1 N–H and O–H groups in total. The van der Waals surface area contributed by atoms with Crippen molar-refractivity contribution in [2.24, 2.45) is 0 Å². The van der Waals surface area contributed by atoms with E-state index in [9.17, 15) is 9.90 Å². The predicted molar refractivity (Wildman–Crippen MR) is 68.1 cm³/mol. The average Bonchev–Trinajstić information content (AvgIpc) is 2.67. The van der Waals surface area contributed by atoms with E-state index >= 15 is 0 Å². The van der Waals surface area contributed by atoms with Crippen LogP contribution in [0, 0.1) is 0 Å². The number of carbonyl (C=O) groups is 1. The summed E-state index contributed by atoms with van der Waals surface area (Å²) in [5.74, 6) is 0.213. The van der Waals surface area contributed by atoms with Gasteiger partial charge in [-0.25, -0.2) is 4.79 Å². The van der Waals surface area contributed by atoms with Gasteiger partial charge < -0.3 is 9.84 Å². The molecule has 1 heterocycles. The standard InChI is InChI=1S/C15H10O3/c16-11-6-7-14-12(9-11)13(15(17)18-14)8-10-4-2-1-3-5-10/h1-9,16H/b13-8-. The van der Waals surface area contributed by atoms with Crippen molar-refractivity contribution < 1.29 is 14.6 Å².